The van der Waals surface area contributed by atoms with Gasteiger partial charge in [-0.2, -0.15) is 5.10 Å². The first-order valence-electron chi connectivity index (χ1n) is 6.15. The molecule has 2 aromatic rings. The van der Waals surface area contributed by atoms with Crippen molar-refractivity contribution in [3.8, 4) is 0 Å². The third-order valence-corrected chi connectivity index (χ3v) is 3.53. The van der Waals surface area contributed by atoms with Crippen molar-refractivity contribution in [1.29, 1.82) is 0 Å². The molecule has 0 amide bonds. The van der Waals surface area contributed by atoms with E-state index < -0.39 is 5.97 Å². The number of carboxylic acids is 1. The minimum Gasteiger partial charge on any atom is -0.481 e. The average Bonchev–Trinajstić information content (AvgIpc) is 3.06. The quantitative estimate of drug-likeness (QED) is 0.843. The molecular weight excluding hydrogens is 248 g/mol. The molecular formula is C11H14N6O2. The van der Waals surface area contributed by atoms with Crippen molar-refractivity contribution in [2.75, 3.05) is 0 Å². The highest BCUT2D eigenvalue weighted by Gasteiger charge is 2.29. The minimum absolute atomic E-state index is 0.115. The van der Waals surface area contributed by atoms with Gasteiger partial charge in [0.1, 0.15) is 24.5 Å². The lowest BCUT2D eigenvalue weighted by Crippen LogP contribution is -2.28. The summed E-state index contributed by atoms with van der Waals surface area (Å²) in [5.74, 6) is 0.440. The number of hydrogen-bond donors (Lipinski definition) is 1. The lowest BCUT2D eigenvalue weighted by molar-refractivity contribution is -0.142. The van der Waals surface area contributed by atoms with Crippen LogP contribution in [0.25, 0.3) is 0 Å². The SMILES string of the molecule is CC(c1nnc2n1CC(C(=O)O)CC2)n1cncn1. The number of aryl methyl sites for hydroxylation is 1. The summed E-state index contributed by atoms with van der Waals surface area (Å²) in [6.45, 7) is 2.36. The van der Waals surface area contributed by atoms with Crippen molar-refractivity contribution in [2.45, 2.75) is 32.4 Å². The molecule has 0 bridgehead atoms. The molecule has 3 rings (SSSR count). The Balaban J connectivity index is 1.93. The Hall–Kier alpha value is -2.25. The molecule has 2 atom stereocenters. The monoisotopic (exact) mass is 262 g/mol. The van der Waals surface area contributed by atoms with E-state index in [0.717, 1.165) is 11.6 Å². The van der Waals surface area contributed by atoms with Crippen molar-refractivity contribution >= 4 is 5.97 Å². The Morgan fingerprint density at radius 1 is 1.53 bits per heavy atom. The van der Waals surface area contributed by atoms with E-state index in [0.29, 0.717) is 19.4 Å². The lowest BCUT2D eigenvalue weighted by Gasteiger charge is -2.22. The predicted molar refractivity (Wildman–Crippen MR) is 63.3 cm³/mol. The van der Waals surface area contributed by atoms with Crippen LogP contribution in [-0.4, -0.2) is 40.6 Å². The first-order valence-corrected chi connectivity index (χ1v) is 6.15. The van der Waals surface area contributed by atoms with Crippen LogP contribution in [0.5, 0.6) is 0 Å². The molecule has 0 saturated heterocycles. The number of nitrogens with zero attached hydrogens (tertiary/aromatic N) is 6. The van der Waals surface area contributed by atoms with Crippen molar-refractivity contribution in [3.63, 3.8) is 0 Å². The van der Waals surface area contributed by atoms with Crippen LogP contribution in [0.3, 0.4) is 0 Å². The Morgan fingerprint density at radius 3 is 3.05 bits per heavy atom. The molecule has 8 heteroatoms. The fourth-order valence-corrected chi connectivity index (χ4v) is 2.39. The molecule has 1 aliphatic heterocycles. The number of hydrogen-bond acceptors (Lipinski definition) is 5. The van der Waals surface area contributed by atoms with Crippen LogP contribution in [0.15, 0.2) is 12.7 Å². The van der Waals surface area contributed by atoms with Gasteiger partial charge in [0.25, 0.3) is 0 Å². The second kappa shape index (κ2) is 4.45. The second-order valence-electron chi connectivity index (χ2n) is 4.71. The van der Waals surface area contributed by atoms with Crippen molar-refractivity contribution in [3.05, 3.63) is 24.3 Å². The molecule has 8 nitrogen and oxygen atoms in total. The van der Waals surface area contributed by atoms with Gasteiger partial charge >= 0.3 is 5.97 Å². The lowest BCUT2D eigenvalue weighted by atomic mass is 9.99. The van der Waals surface area contributed by atoms with Gasteiger partial charge in [0.2, 0.25) is 0 Å². The Bertz CT molecular complexity index is 590. The van der Waals surface area contributed by atoms with Crippen molar-refractivity contribution in [1.82, 2.24) is 29.5 Å². The number of carbonyl (C=O) groups is 1. The van der Waals surface area contributed by atoms with Gasteiger partial charge in [0, 0.05) is 13.0 Å². The molecule has 0 saturated carbocycles. The molecule has 0 aliphatic carbocycles. The summed E-state index contributed by atoms with van der Waals surface area (Å²) in [6.07, 6.45) is 4.34. The van der Waals surface area contributed by atoms with Crippen LogP contribution in [0, 0.1) is 5.92 Å². The van der Waals surface area contributed by atoms with Crippen molar-refractivity contribution < 1.29 is 9.90 Å². The highest BCUT2D eigenvalue weighted by molar-refractivity contribution is 5.70. The third kappa shape index (κ3) is 1.98. The van der Waals surface area contributed by atoms with Gasteiger partial charge in [0.05, 0.1) is 5.92 Å². The van der Waals surface area contributed by atoms with E-state index in [4.69, 9.17) is 5.11 Å². The Morgan fingerprint density at radius 2 is 2.37 bits per heavy atom. The van der Waals surface area contributed by atoms with Crippen LogP contribution in [0.2, 0.25) is 0 Å². The van der Waals surface area contributed by atoms with Crippen LogP contribution < -0.4 is 0 Å². The zero-order valence-electron chi connectivity index (χ0n) is 10.5. The average molecular weight is 262 g/mol. The summed E-state index contributed by atoms with van der Waals surface area (Å²) in [6, 6.07) is -0.115. The van der Waals surface area contributed by atoms with Gasteiger partial charge in [-0.3, -0.25) is 4.79 Å². The number of aliphatic carboxylic acids is 1. The first kappa shape index (κ1) is 11.8. The summed E-state index contributed by atoms with van der Waals surface area (Å²) in [7, 11) is 0. The first-order chi connectivity index (χ1) is 9.16. The van der Waals surface area contributed by atoms with Gasteiger partial charge in [-0.15, -0.1) is 10.2 Å². The summed E-state index contributed by atoms with van der Waals surface area (Å²) in [4.78, 5) is 15.0. The maximum absolute atomic E-state index is 11.1. The van der Waals surface area contributed by atoms with Gasteiger partial charge in [-0.05, 0) is 13.3 Å². The second-order valence-corrected chi connectivity index (χ2v) is 4.71. The maximum atomic E-state index is 11.1. The van der Waals surface area contributed by atoms with Crippen LogP contribution in [0.1, 0.15) is 31.0 Å². The third-order valence-electron chi connectivity index (χ3n) is 3.53. The van der Waals surface area contributed by atoms with Gasteiger partial charge < -0.3 is 9.67 Å². The topological polar surface area (TPSA) is 98.7 Å². The molecule has 2 aromatic heterocycles. The van der Waals surface area contributed by atoms with E-state index in [1.165, 1.54) is 6.33 Å². The van der Waals surface area contributed by atoms with Gasteiger partial charge in [-0.1, -0.05) is 0 Å². The normalized spacial score (nSPS) is 19.9. The summed E-state index contributed by atoms with van der Waals surface area (Å²) < 4.78 is 3.58. The fraction of sp³-hybridized carbons (Fsp3) is 0.545. The number of carboxylic acid groups (broad SMARTS) is 1. The van der Waals surface area contributed by atoms with E-state index in [-0.39, 0.29) is 12.0 Å². The van der Waals surface area contributed by atoms with E-state index in [2.05, 4.69) is 20.3 Å². The van der Waals surface area contributed by atoms with E-state index >= 15 is 0 Å². The van der Waals surface area contributed by atoms with Gasteiger partial charge in [-0.25, -0.2) is 9.67 Å². The molecule has 1 aliphatic rings. The zero-order chi connectivity index (χ0) is 13.4. The molecule has 2 unspecified atom stereocenters. The molecule has 0 spiro atoms. The zero-order valence-corrected chi connectivity index (χ0v) is 10.5. The predicted octanol–water partition coefficient (Wildman–Crippen LogP) is 0.126. The van der Waals surface area contributed by atoms with Crippen molar-refractivity contribution in [2.24, 2.45) is 5.92 Å². The number of fused-ring (bicyclic) bond motifs is 1. The standard InChI is InChI=1S/C11H14N6O2/c1-7(17-6-12-5-13-17)10-15-14-9-3-2-8(11(18)19)4-16(9)10/h5-8H,2-4H2,1H3,(H,18,19). The summed E-state index contributed by atoms with van der Waals surface area (Å²) in [5.41, 5.74) is 0. The largest absolute Gasteiger partial charge is 0.481 e. The van der Waals surface area contributed by atoms with Crippen LogP contribution in [-0.2, 0) is 17.8 Å². The maximum Gasteiger partial charge on any atom is 0.308 e. The van der Waals surface area contributed by atoms with E-state index in [1.54, 1.807) is 11.0 Å². The molecule has 0 fully saturated rings. The Labute approximate surface area is 109 Å². The van der Waals surface area contributed by atoms with Crippen LogP contribution >= 0.6 is 0 Å². The van der Waals surface area contributed by atoms with E-state index in [9.17, 15) is 4.79 Å². The molecule has 1 N–H and O–H groups in total. The highest BCUT2D eigenvalue weighted by atomic mass is 16.4. The molecule has 0 radical (unpaired) electrons. The molecule has 19 heavy (non-hydrogen) atoms. The van der Waals surface area contributed by atoms with Gasteiger partial charge in [0.15, 0.2) is 5.82 Å². The number of rotatable bonds is 3. The summed E-state index contributed by atoms with van der Waals surface area (Å²) >= 11 is 0. The Kier molecular flexibility index (Phi) is 2.77. The fourth-order valence-electron chi connectivity index (χ4n) is 2.39. The van der Waals surface area contributed by atoms with E-state index in [1.807, 2.05) is 11.5 Å². The highest BCUT2D eigenvalue weighted by Crippen LogP contribution is 2.24. The molecule has 100 valence electrons. The number of aromatic nitrogens is 6. The molecule has 0 aromatic carbocycles. The smallest absolute Gasteiger partial charge is 0.308 e. The summed E-state index contributed by atoms with van der Waals surface area (Å²) in [5, 5.41) is 21.5. The van der Waals surface area contributed by atoms with Crippen LogP contribution in [0.4, 0.5) is 0 Å². The minimum atomic E-state index is -0.765. The molecule has 3 heterocycles.